The summed E-state index contributed by atoms with van der Waals surface area (Å²) in [6.45, 7) is 6.15. The van der Waals surface area contributed by atoms with Gasteiger partial charge in [-0.05, 0) is 44.6 Å². The molecule has 1 aromatic rings. The Morgan fingerprint density at radius 3 is 2.43 bits per heavy atom. The van der Waals surface area contributed by atoms with Crippen molar-refractivity contribution in [3.8, 4) is 0 Å². The van der Waals surface area contributed by atoms with Crippen molar-refractivity contribution in [1.29, 1.82) is 0 Å². The molecule has 0 aromatic carbocycles. The number of nitrogens with zero attached hydrogens (tertiary/aromatic N) is 2. The number of hydrogen-bond acceptors (Lipinski definition) is 3. The molecule has 1 heterocycles. The Hall–Kier alpha value is -1.65. The van der Waals surface area contributed by atoms with Crippen LogP contribution in [0.25, 0.3) is 0 Å². The van der Waals surface area contributed by atoms with Crippen LogP contribution in [0.4, 0.5) is 0 Å². The first-order valence-electron chi connectivity index (χ1n) is 7.78. The Kier molecular flexibility index (Phi) is 4.80. The molecule has 116 valence electrons. The number of rotatable bonds is 5. The van der Waals surface area contributed by atoms with Crippen molar-refractivity contribution < 1.29 is 9.59 Å². The molecule has 1 atom stereocenters. The molecule has 0 bridgehead atoms. The third kappa shape index (κ3) is 3.34. The average Bonchev–Trinajstić information content (AvgIpc) is 2.87. The van der Waals surface area contributed by atoms with Gasteiger partial charge in [-0.1, -0.05) is 19.8 Å². The molecule has 5 nitrogen and oxygen atoms in total. The highest BCUT2D eigenvalue weighted by Crippen LogP contribution is 2.37. The molecule has 1 saturated carbocycles. The number of aromatic nitrogens is 2. The smallest absolute Gasteiger partial charge is 0.266 e. The molecule has 1 aromatic heterocycles. The molecule has 2 N–H and O–H groups in total. The Labute approximate surface area is 125 Å². The molecular weight excluding hydrogens is 266 g/mol. The summed E-state index contributed by atoms with van der Waals surface area (Å²) in [6, 6.07) is 1.74. The fourth-order valence-electron chi connectivity index (χ4n) is 3.22. The van der Waals surface area contributed by atoms with Gasteiger partial charge in [0.05, 0.1) is 11.6 Å². The molecule has 5 heteroatoms. The van der Waals surface area contributed by atoms with Crippen LogP contribution in [0.3, 0.4) is 0 Å². The third-order valence-corrected chi connectivity index (χ3v) is 4.55. The fraction of sp³-hybridized carbons (Fsp3) is 0.688. The van der Waals surface area contributed by atoms with Crippen molar-refractivity contribution in [1.82, 2.24) is 9.78 Å². The SMILES string of the molecule is CC1CCC(C(C=O)c2cc(C(N)=O)n(C(C)C)n2)CC1. The first-order valence-corrected chi connectivity index (χ1v) is 7.78. The predicted octanol–water partition coefficient (Wildman–Crippen LogP) is 2.67. The van der Waals surface area contributed by atoms with E-state index in [-0.39, 0.29) is 12.0 Å². The zero-order valence-electron chi connectivity index (χ0n) is 13.1. The molecule has 0 saturated heterocycles. The van der Waals surface area contributed by atoms with E-state index in [4.69, 9.17) is 5.73 Å². The maximum Gasteiger partial charge on any atom is 0.266 e. The van der Waals surface area contributed by atoms with Crippen LogP contribution in [0.2, 0.25) is 0 Å². The van der Waals surface area contributed by atoms with Crippen LogP contribution < -0.4 is 5.73 Å². The molecule has 0 radical (unpaired) electrons. The number of hydrogen-bond donors (Lipinski definition) is 1. The zero-order valence-corrected chi connectivity index (χ0v) is 13.1. The third-order valence-electron chi connectivity index (χ3n) is 4.55. The van der Waals surface area contributed by atoms with Gasteiger partial charge in [0, 0.05) is 6.04 Å². The van der Waals surface area contributed by atoms with Gasteiger partial charge in [-0.15, -0.1) is 0 Å². The molecule has 0 spiro atoms. The van der Waals surface area contributed by atoms with Crippen LogP contribution in [-0.4, -0.2) is 22.0 Å². The summed E-state index contributed by atoms with van der Waals surface area (Å²) in [5, 5.41) is 4.48. The lowest BCUT2D eigenvalue weighted by Crippen LogP contribution is -2.21. The number of aldehydes is 1. The first kappa shape index (κ1) is 15.7. The van der Waals surface area contributed by atoms with Gasteiger partial charge in [-0.25, -0.2) is 0 Å². The Morgan fingerprint density at radius 2 is 2.00 bits per heavy atom. The lowest BCUT2D eigenvalue weighted by molar-refractivity contribution is -0.110. The normalized spacial score (nSPS) is 24.0. The number of primary amides is 1. The van der Waals surface area contributed by atoms with Crippen LogP contribution >= 0.6 is 0 Å². The number of carbonyl (C=O) groups is 2. The van der Waals surface area contributed by atoms with Gasteiger partial charge in [0.2, 0.25) is 0 Å². The summed E-state index contributed by atoms with van der Waals surface area (Å²) in [6.07, 6.45) is 5.39. The van der Waals surface area contributed by atoms with Crippen LogP contribution in [0.1, 0.15) is 74.6 Å². The number of carbonyl (C=O) groups excluding carboxylic acids is 2. The topological polar surface area (TPSA) is 78.0 Å². The van der Waals surface area contributed by atoms with Gasteiger partial charge in [-0.2, -0.15) is 5.10 Å². The molecule has 1 fully saturated rings. The molecule has 0 aliphatic heterocycles. The lowest BCUT2D eigenvalue weighted by Gasteiger charge is -2.29. The van der Waals surface area contributed by atoms with Crippen molar-refractivity contribution in [3.05, 3.63) is 17.5 Å². The maximum atomic E-state index is 11.6. The van der Waals surface area contributed by atoms with E-state index in [1.54, 1.807) is 10.7 Å². The van der Waals surface area contributed by atoms with E-state index in [0.29, 0.717) is 17.3 Å². The van der Waals surface area contributed by atoms with Crippen LogP contribution in [0.5, 0.6) is 0 Å². The molecular formula is C16H25N3O2. The summed E-state index contributed by atoms with van der Waals surface area (Å²) in [4.78, 5) is 23.1. The van der Waals surface area contributed by atoms with Crippen molar-refractivity contribution in [2.45, 2.75) is 58.4 Å². The minimum Gasteiger partial charge on any atom is -0.364 e. The highest BCUT2D eigenvalue weighted by molar-refractivity contribution is 5.91. The van der Waals surface area contributed by atoms with E-state index >= 15 is 0 Å². The largest absolute Gasteiger partial charge is 0.364 e. The van der Waals surface area contributed by atoms with E-state index in [1.165, 1.54) is 0 Å². The van der Waals surface area contributed by atoms with E-state index < -0.39 is 5.91 Å². The monoisotopic (exact) mass is 291 g/mol. The van der Waals surface area contributed by atoms with E-state index in [9.17, 15) is 9.59 Å². The number of amides is 1. The van der Waals surface area contributed by atoms with E-state index in [1.807, 2.05) is 13.8 Å². The fourth-order valence-corrected chi connectivity index (χ4v) is 3.22. The molecule has 1 aliphatic rings. The maximum absolute atomic E-state index is 11.6. The Bertz CT molecular complexity index is 514. The minimum atomic E-state index is -0.496. The van der Waals surface area contributed by atoms with Crippen molar-refractivity contribution in [2.24, 2.45) is 17.6 Å². The summed E-state index contributed by atoms with van der Waals surface area (Å²) >= 11 is 0. The summed E-state index contributed by atoms with van der Waals surface area (Å²) in [5.74, 6) is 0.345. The summed E-state index contributed by atoms with van der Waals surface area (Å²) in [5.41, 5.74) is 6.49. The second-order valence-corrected chi connectivity index (χ2v) is 6.54. The van der Waals surface area contributed by atoms with Gasteiger partial charge in [-0.3, -0.25) is 9.48 Å². The molecule has 1 amide bonds. The van der Waals surface area contributed by atoms with E-state index in [0.717, 1.165) is 37.9 Å². The molecule has 1 aliphatic carbocycles. The molecule has 1 unspecified atom stereocenters. The Morgan fingerprint density at radius 1 is 1.38 bits per heavy atom. The first-order chi connectivity index (χ1) is 9.93. The molecule has 2 rings (SSSR count). The van der Waals surface area contributed by atoms with Crippen molar-refractivity contribution in [3.63, 3.8) is 0 Å². The summed E-state index contributed by atoms with van der Waals surface area (Å²) < 4.78 is 1.62. The molecule has 21 heavy (non-hydrogen) atoms. The minimum absolute atomic E-state index is 0.0416. The summed E-state index contributed by atoms with van der Waals surface area (Å²) in [7, 11) is 0. The average molecular weight is 291 g/mol. The number of nitrogens with two attached hydrogens (primary N) is 1. The van der Waals surface area contributed by atoms with Crippen molar-refractivity contribution in [2.75, 3.05) is 0 Å². The second-order valence-electron chi connectivity index (χ2n) is 6.54. The van der Waals surface area contributed by atoms with Gasteiger partial charge in [0.1, 0.15) is 12.0 Å². The standard InChI is InChI=1S/C16H25N3O2/c1-10(2)19-15(16(17)21)8-14(18-19)13(9-20)12-6-4-11(3)5-7-12/h8-13H,4-7H2,1-3H3,(H2,17,21). The quantitative estimate of drug-likeness (QED) is 0.847. The lowest BCUT2D eigenvalue weighted by atomic mass is 9.76. The van der Waals surface area contributed by atoms with Gasteiger partial charge in [0.15, 0.2) is 0 Å². The zero-order chi connectivity index (χ0) is 15.6. The van der Waals surface area contributed by atoms with E-state index in [2.05, 4.69) is 12.0 Å². The van der Waals surface area contributed by atoms with Crippen molar-refractivity contribution >= 4 is 12.2 Å². The Balaban J connectivity index is 2.28. The van der Waals surface area contributed by atoms with Crippen LogP contribution in [-0.2, 0) is 4.79 Å². The van der Waals surface area contributed by atoms with Crippen LogP contribution in [0.15, 0.2) is 6.07 Å². The van der Waals surface area contributed by atoms with Gasteiger partial charge >= 0.3 is 0 Å². The predicted molar refractivity (Wildman–Crippen MR) is 81.1 cm³/mol. The van der Waals surface area contributed by atoms with Crippen LogP contribution in [0, 0.1) is 11.8 Å². The van der Waals surface area contributed by atoms with Gasteiger partial charge < -0.3 is 10.5 Å². The highest BCUT2D eigenvalue weighted by atomic mass is 16.1. The highest BCUT2D eigenvalue weighted by Gasteiger charge is 2.30. The van der Waals surface area contributed by atoms with Gasteiger partial charge in [0.25, 0.3) is 5.91 Å². The second kappa shape index (κ2) is 6.41.